The maximum atomic E-state index is 12.0. The molecule has 0 aromatic rings. The van der Waals surface area contributed by atoms with Crippen LogP contribution in [-0.2, 0) is 4.79 Å². The molecule has 2 heterocycles. The third kappa shape index (κ3) is 10.6. The number of halogens is 2. The monoisotopic (exact) mass is 395 g/mol. The highest BCUT2D eigenvalue weighted by molar-refractivity contribution is 5.85. The molecule has 0 aromatic carbocycles. The Balaban J connectivity index is 0.00000288. The van der Waals surface area contributed by atoms with Gasteiger partial charge in [-0.25, -0.2) is 0 Å². The van der Waals surface area contributed by atoms with Crippen LogP contribution in [0, 0.1) is 17.8 Å². The summed E-state index contributed by atoms with van der Waals surface area (Å²) in [6.45, 7) is 11.4. The van der Waals surface area contributed by atoms with E-state index in [0.717, 1.165) is 44.3 Å². The highest BCUT2D eigenvalue weighted by atomic mass is 35.5. The Kier molecular flexibility index (Phi) is 14.1. The normalized spacial score (nSPS) is 20.0. The summed E-state index contributed by atoms with van der Waals surface area (Å²) in [6, 6.07) is 0. The molecule has 0 atom stereocenters. The van der Waals surface area contributed by atoms with Gasteiger partial charge in [0.1, 0.15) is 0 Å². The largest absolute Gasteiger partial charge is 0.356 e. The van der Waals surface area contributed by atoms with E-state index in [-0.39, 0.29) is 30.7 Å². The second kappa shape index (κ2) is 14.1. The molecule has 2 rings (SSSR count). The van der Waals surface area contributed by atoms with Crippen LogP contribution in [0.1, 0.15) is 58.8 Å². The summed E-state index contributed by atoms with van der Waals surface area (Å²) >= 11 is 0. The van der Waals surface area contributed by atoms with Gasteiger partial charge in [0.2, 0.25) is 5.91 Å². The van der Waals surface area contributed by atoms with Crippen molar-refractivity contribution in [2.24, 2.45) is 17.8 Å². The van der Waals surface area contributed by atoms with E-state index < -0.39 is 0 Å². The van der Waals surface area contributed by atoms with Crippen molar-refractivity contribution in [3.63, 3.8) is 0 Å². The Bertz CT molecular complexity index is 342. The molecular formula is C19H39Cl2N3O. The standard InChI is InChI=1S/C19H37N3O.2ClH/c1-16(2)7-12-22-13-8-18(9-14-22)15-21-19(23)4-3-17-5-10-20-11-6-17;;/h16-18,20H,3-15H2,1-2H3,(H,21,23);2*1H. The molecule has 150 valence electrons. The Morgan fingerprint density at radius 1 is 1.08 bits per heavy atom. The van der Waals surface area contributed by atoms with Gasteiger partial charge in [-0.15, -0.1) is 24.8 Å². The maximum Gasteiger partial charge on any atom is 0.220 e. The topological polar surface area (TPSA) is 44.4 Å². The number of nitrogens with zero attached hydrogens (tertiary/aromatic N) is 1. The molecule has 6 heteroatoms. The smallest absolute Gasteiger partial charge is 0.220 e. The second-order valence-corrected chi connectivity index (χ2v) is 8.00. The first-order valence-electron chi connectivity index (χ1n) is 9.83. The minimum Gasteiger partial charge on any atom is -0.356 e. The summed E-state index contributed by atoms with van der Waals surface area (Å²) in [6.07, 6.45) is 8.06. The average Bonchev–Trinajstić information content (AvgIpc) is 2.58. The predicted octanol–water partition coefficient (Wildman–Crippen LogP) is 3.48. The highest BCUT2D eigenvalue weighted by Gasteiger charge is 2.20. The molecule has 25 heavy (non-hydrogen) atoms. The van der Waals surface area contributed by atoms with E-state index in [1.807, 2.05) is 0 Å². The lowest BCUT2D eigenvalue weighted by molar-refractivity contribution is -0.121. The van der Waals surface area contributed by atoms with Crippen LogP contribution in [-0.4, -0.2) is 50.1 Å². The van der Waals surface area contributed by atoms with E-state index in [1.165, 1.54) is 51.7 Å². The van der Waals surface area contributed by atoms with E-state index in [4.69, 9.17) is 0 Å². The van der Waals surface area contributed by atoms with Gasteiger partial charge in [0.25, 0.3) is 0 Å². The Morgan fingerprint density at radius 3 is 2.32 bits per heavy atom. The van der Waals surface area contributed by atoms with E-state index in [2.05, 4.69) is 29.4 Å². The number of likely N-dealkylation sites (tertiary alicyclic amines) is 1. The van der Waals surface area contributed by atoms with Crippen LogP contribution in [0.25, 0.3) is 0 Å². The molecule has 2 aliphatic heterocycles. The van der Waals surface area contributed by atoms with Gasteiger partial charge in [-0.1, -0.05) is 13.8 Å². The quantitative estimate of drug-likeness (QED) is 0.660. The maximum absolute atomic E-state index is 12.0. The van der Waals surface area contributed by atoms with E-state index in [1.54, 1.807) is 0 Å². The molecule has 0 radical (unpaired) electrons. The van der Waals surface area contributed by atoms with Crippen molar-refractivity contribution < 1.29 is 4.79 Å². The number of hydrogen-bond acceptors (Lipinski definition) is 3. The molecule has 0 spiro atoms. The predicted molar refractivity (Wildman–Crippen MR) is 111 cm³/mol. The molecule has 2 saturated heterocycles. The van der Waals surface area contributed by atoms with Crippen molar-refractivity contribution in [3.05, 3.63) is 0 Å². The fourth-order valence-corrected chi connectivity index (χ4v) is 3.71. The molecule has 2 N–H and O–H groups in total. The molecule has 0 bridgehead atoms. The Morgan fingerprint density at radius 2 is 1.72 bits per heavy atom. The second-order valence-electron chi connectivity index (χ2n) is 8.00. The van der Waals surface area contributed by atoms with Gasteiger partial charge in [-0.3, -0.25) is 4.79 Å². The third-order valence-electron chi connectivity index (χ3n) is 5.56. The average molecular weight is 396 g/mol. The number of carbonyl (C=O) groups is 1. The minimum absolute atomic E-state index is 0. The van der Waals surface area contributed by atoms with Crippen molar-refractivity contribution in [2.75, 3.05) is 39.3 Å². The molecule has 2 aliphatic rings. The number of rotatable bonds is 8. The van der Waals surface area contributed by atoms with Gasteiger partial charge in [0, 0.05) is 13.0 Å². The third-order valence-corrected chi connectivity index (χ3v) is 5.56. The van der Waals surface area contributed by atoms with Gasteiger partial charge in [0.15, 0.2) is 0 Å². The lowest BCUT2D eigenvalue weighted by Gasteiger charge is -2.32. The summed E-state index contributed by atoms with van der Waals surface area (Å²) in [5.74, 6) is 2.51. The molecule has 0 aliphatic carbocycles. The molecule has 0 saturated carbocycles. The molecule has 0 unspecified atom stereocenters. The summed E-state index contributed by atoms with van der Waals surface area (Å²) in [5, 5.41) is 6.57. The van der Waals surface area contributed by atoms with Crippen LogP contribution >= 0.6 is 24.8 Å². The summed E-state index contributed by atoms with van der Waals surface area (Å²) in [5.41, 5.74) is 0. The van der Waals surface area contributed by atoms with Crippen LogP contribution in [0.3, 0.4) is 0 Å². The van der Waals surface area contributed by atoms with Crippen LogP contribution in [0.5, 0.6) is 0 Å². The van der Waals surface area contributed by atoms with Crippen LogP contribution < -0.4 is 10.6 Å². The Hall–Kier alpha value is -0.0300. The first-order valence-corrected chi connectivity index (χ1v) is 9.83. The molecule has 1 amide bonds. The van der Waals surface area contributed by atoms with Crippen molar-refractivity contribution >= 4 is 30.7 Å². The number of amides is 1. The lowest BCUT2D eigenvalue weighted by atomic mass is 9.93. The van der Waals surface area contributed by atoms with Crippen molar-refractivity contribution in [1.29, 1.82) is 0 Å². The molecule has 2 fully saturated rings. The van der Waals surface area contributed by atoms with Crippen LogP contribution in [0.15, 0.2) is 0 Å². The van der Waals surface area contributed by atoms with Crippen LogP contribution in [0.4, 0.5) is 0 Å². The molecule has 4 nitrogen and oxygen atoms in total. The van der Waals surface area contributed by atoms with Gasteiger partial charge < -0.3 is 15.5 Å². The number of carbonyl (C=O) groups excluding carboxylic acids is 1. The van der Waals surface area contributed by atoms with E-state index >= 15 is 0 Å². The van der Waals surface area contributed by atoms with E-state index in [9.17, 15) is 4.79 Å². The molecular weight excluding hydrogens is 357 g/mol. The zero-order valence-corrected chi connectivity index (χ0v) is 17.7. The zero-order chi connectivity index (χ0) is 16.5. The first kappa shape index (κ1) is 25.0. The van der Waals surface area contributed by atoms with Gasteiger partial charge in [0.05, 0.1) is 0 Å². The number of nitrogens with one attached hydrogen (secondary N) is 2. The highest BCUT2D eigenvalue weighted by Crippen LogP contribution is 2.19. The minimum atomic E-state index is 0. The number of hydrogen-bond donors (Lipinski definition) is 2. The molecule has 0 aromatic heterocycles. The van der Waals surface area contributed by atoms with Crippen LogP contribution in [0.2, 0.25) is 0 Å². The fourth-order valence-electron chi connectivity index (χ4n) is 3.71. The summed E-state index contributed by atoms with van der Waals surface area (Å²) in [7, 11) is 0. The van der Waals surface area contributed by atoms with Crippen molar-refractivity contribution in [2.45, 2.75) is 58.8 Å². The van der Waals surface area contributed by atoms with Gasteiger partial charge >= 0.3 is 0 Å². The van der Waals surface area contributed by atoms with Gasteiger partial charge in [-0.05, 0) is 89.0 Å². The van der Waals surface area contributed by atoms with Crippen molar-refractivity contribution in [3.8, 4) is 0 Å². The van der Waals surface area contributed by atoms with E-state index in [0.29, 0.717) is 5.92 Å². The summed E-state index contributed by atoms with van der Waals surface area (Å²) < 4.78 is 0. The lowest BCUT2D eigenvalue weighted by Crippen LogP contribution is -2.39. The fraction of sp³-hybridized carbons (Fsp3) is 0.947. The number of piperidine rings is 2. The van der Waals surface area contributed by atoms with Crippen molar-refractivity contribution in [1.82, 2.24) is 15.5 Å². The Labute approximate surface area is 167 Å². The first-order chi connectivity index (χ1) is 11.1. The SMILES string of the molecule is CC(C)CCN1CCC(CNC(=O)CCC2CCNCC2)CC1.Cl.Cl. The summed E-state index contributed by atoms with van der Waals surface area (Å²) in [4.78, 5) is 14.6. The zero-order valence-electron chi connectivity index (χ0n) is 16.1. The van der Waals surface area contributed by atoms with Gasteiger partial charge in [-0.2, -0.15) is 0 Å².